The monoisotopic (exact) mass is 928 g/mol. The highest BCUT2D eigenvalue weighted by Gasteiger charge is 2.64. The van der Waals surface area contributed by atoms with Gasteiger partial charge in [-0.2, -0.15) is 0 Å². The standard InChI is InChI=1S/C50H64N4O9S2/c1-5-28(2)46(59)63-48(3)14-11-29-27-64-65-40-18-33(25-56)44(52-4)36-24-54(45(36)40)42(58)19-32-23-53-41(51)20-35(32)43(29)50(48)22-31-16-30-17-37(47(60)61-38(30)21-39(31)62-50)49(12-7-6-8-13-49)34(26-57)10-9-15-55/h5,11,16-17,20-21,25,33-34,36,40,43-45,52-53,55,57H,6-10,12-15,18-19,22-24,26-27,51H2,1-4H3. The van der Waals surface area contributed by atoms with Crippen LogP contribution in [0, 0.1) is 23.7 Å². The molecule has 13 nitrogen and oxygen atoms in total. The van der Waals surface area contributed by atoms with Crippen LogP contribution in [0.4, 0.5) is 0 Å². The zero-order valence-corrected chi connectivity index (χ0v) is 39.6. The van der Waals surface area contributed by atoms with Gasteiger partial charge in [0.25, 0.3) is 0 Å². The molecule has 0 radical (unpaired) electrons. The first-order valence-electron chi connectivity index (χ1n) is 23.5. The molecule has 3 fully saturated rings. The summed E-state index contributed by atoms with van der Waals surface area (Å²) in [5.74, 6) is 0.492. The number of ether oxygens (including phenoxy) is 2. The van der Waals surface area contributed by atoms with Crippen LogP contribution in [0.3, 0.4) is 0 Å². The number of carbonyl (C=O) groups excluding carboxylic acids is 3. The smallest absolute Gasteiger partial charge is 0.340 e. The van der Waals surface area contributed by atoms with Crippen molar-refractivity contribution < 1.29 is 38.5 Å². The number of aliphatic hydroxyl groups is 2. The predicted molar refractivity (Wildman–Crippen MR) is 253 cm³/mol. The van der Waals surface area contributed by atoms with Gasteiger partial charge in [0.15, 0.2) is 11.2 Å². The van der Waals surface area contributed by atoms with Crippen LogP contribution in [0.2, 0.25) is 0 Å². The molecule has 3 aliphatic carbocycles. The Morgan fingerprint density at radius 3 is 2.71 bits per heavy atom. The molecule has 9 unspecified atom stereocenters. The number of nitrogens with two attached hydrogens (primary N) is 1. The maximum absolute atomic E-state index is 14.6. The first-order chi connectivity index (χ1) is 31.3. The van der Waals surface area contributed by atoms with Crippen molar-refractivity contribution in [3.05, 3.63) is 86.1 Å². The van der Waals surface area contributed by atoms with E-state index in [0.29, 0.717) is 79.2 Å². The summed E-state index contributed by atoms with van der Waals surface area (Å²) in [5.41, 5.74) is 8.28. The molecule has 9 rings (SSSR count). The summed E-state index contributed by atoms with van der Waals surface area (Å²) in [6.07, 6.45) is 14.0. The molecule has 6 N–H and O–H groups in total. The van der Waals surface area contributed by atoms with Gasteiger partial charge in [-0.25, -0.2) is 9.59 Å². The van der Waals surface area contributed by atoms with Crippen LogP contribution in [0.15, 0.2) is 73.8 Å². The second-order valence-electron chi connectivity index (χ2n) is 19.7. The Morgan fingerprint density at radius 1 is 1.18 bits per heavy atom. The van der Waals surface area contributed by atoms with Crippen LogP contribution in [0.1, 0.15) is 96.1 Å². The van der Waals surface area contributed by atoms with Crippen LogP contribution in [-0.2, 0) is 31.0 Å². The summed E-state index contributed by atoms with van der Waals surface area (Å²) in [5, 5.41) is 28.0. The number of benzene rings is 1. The Kier molecular flexibility index (Phi) is 12.9. The van der Waals surface area contributed by atoms with Gasteiger partial charge in [0, 0.05) is 96.0 Å². The number of allylic oxidation sites excluding steroid dienone is 2. The number of nitrogens with one attached hydrogen (secondary N) is 2. The Bertz CT molecular complexity index is 2420. The fourth-order valence-corrected chi connectivity index (χ4v) is 15.9. The topological polar surface area (TPSA) is 194 Å². The summed E-state index contributed by atoms with van der Waals surface area (Å²) >= 11 is 0. The van der Waals surface area contributed by atoms with E-state index in [-0.39, 0.29) is 60.6 Å². The van der Waals surface area contributed by atoms with Gasteiger partial charge in [-0.15, -0.1) is 0 Å². The van der Waals surface area contributed by atoms with Crippen molar-refractivity contribution in [2.75, 3.05) is 39.1 Å². The number of aliphatic hydroxyl groups excluding tert-OH is 2. The van der Waals surface area contributed by atoms with E-state index >= 15 is 0 Å². The number of dihydropyridines is 1. The lowest BCUT2D eigenvalue weighted by molar-refractivity contribution is -0.186. The highest BCUT2D eigenvalue weighted by molar-refractivity contribution is 8.77. The number of amides is 1. The van der Waals surface area contributed by atoms with Gasteiger partial charge in [0.05, 0.1) is 24.2 Å². The van der Waals surface area contributed by atoms with Gasteiger partial charge in [-0.1, -0.05) is 58.6 Å². The molecule has 4 aliphatic heterocycles. The Hall–Kier alpha value is -4.02. The van der Waals surface area contributed by atoms with Crippen molar-refractivity contribution in [3.8, 4) is 5.75 Å². The number of nitrogens with zero attached hydrogens (tertiary/aromatic N) is 1. The largest absolute Gasteiger partial charge is 0.481 e. The fraction of sp³-hybridized carbons (Fsp3) is 0.600. The fourth-order valence-electron chi connectivity index (χ4n) is 12.8. The third-order valence-electron chi connectivity index (χ3n) is 16.4. The minimum atomic E-state index is -1.23. The maximum atomic E-state index is 14.6. The van der Waals surface area contributed by atoms with E-state index in [1.807, 2.05) is 44.0 Å². The van der Waals surface area contributed by atoms with Gasteiger partial charge < -0.3 is 50.2 Å². The minimum Gasteiger partial charge on any atom is -0.481 e. The molecule has 65 heavy (non-hydrogen) atoms. The zero-order valence-electron chi connectivity index (χ0n) is 38.0. The minimum absolute atomic E-state index is 0.0113. The molecular weight excluding hydrogens is 865 g/mol. The van der Waals surface area contributed by atoms with Crippen LogP contribution < -0.4 is 26.7 Å². The highest BCUT2D eigenvalue weighted by atomic mass is 33.1. The van der Waals surface area contributed by atoms with Crippen molar-refractivity contribution >= 4 is 50.7 Å². The number of rotatable bonds is 10. The molecule has 1 saturated heterocycles. The van der Waals surface area contributed by atoms with Gasteiger partial charge >= 0.3 is 11.6 Å². The molecule has 5 heterocycles. The number of carbonyl (C=O) groups is 3. The number of hydrogen-bond donors (Lipinski definition) is 5. The third kappa shape index (κ3) is 7.78. The summed E-state index contributed by atoms with van der Waals surface area (Å²) in [4.78, 5) is 57.2. The molecule has 9 atom stereocenters. The second kappa shape index (κ2) is 18.2. The van der Waals surface area contributed by atoms with Crippen LogP contribution >= 0.6 is 21.6 Å². The zero-order chi connectivity index (χ0) is 45.8. The molecule has 2 saturated carbocycles. The third-order valence-corrected chi connectivity index (χ3v) is 19.2. The molecular formula is C50H64N4O9S2. The lowest BCUT2D eigenvalue weighted by Crippen LogP contribution is -2.71. The van der Waals surface area contributed by atoms with Crippen molar-refractivity contribution in [3.63, 3.8) is 0 Å². The van der Waals surface area contributed by atoms with Crippen molar-refractivity contribution in [2.24, 2.45) is 29.4 Å². The van der Waals surface area contributed by atoms with Crippen LogP contribution in [0.5, 0.6) is 5.75 Å². The first-order valence-corrected chi connectivity index (χ1v) is 25.9. The molecule has 350 valence electrons. The second-order valence-corrected chi connectivity index (χ2v) is 22.3. The van der Waals surface area contributed by atoms with E-state index in [1.165, 1.54) is 0 Å². The van der Waals surface area contributed by atoms with E-state index in [4.69, 9.17) is 19.6 Å². The molecule has 1 amide bonds. The molecule has 1 aromatic carbocycles. The maximum Gasteiger partial charge on any atom is 0.340 e. The van der Waals surface area contributed by atoms with Gasteiger partial charge in [-0.05, 0) is 101 Å². The van der Waals surface area contributed by atoms with Crippen molar-refractivity contribution in [1.29, 1.82) is 0 Å². The van der Waals surface area contributed by atoms with E-state index in [2.05, 4.69) is 16.7 Å². The average Bonchev–Trinajstić information content (AvgIpc) is 3.66. The van der Waals surface area contributed by atoms with E-state index in [9.17, 15) is 29.4 Å². The predicted octanol–water partition coefficient (Wildman–Crippen LogP) is 5.75. The first kappa shape index (κ1) is 46.1. The molecule has 0 bridgehead atoms. The summed E-state index contributed by atoms with van der Waals surface area (Å²) < 4.78 is 20.3. The highest BCUT2D eigenvalue weighted by Crippen LogP contribution is 2.58. The van der Waals surface area contributed by atoms with Gasteiger partial charge in [-0.3, -0.25) is 4.79 Å². The molecule has 1 aromatic heterocycles. The number of hydrogen-bond acceptors (Lipinski definition) is 14. The Balaban J connectivity index is 1.18. The summed E-state index contributed by atoms with van der Waals surface area (Å²) in [7, 11) is 5.39. The molecule has 15 heteroatoms. The Morgan fingerprint density at radius 2 is 1.98 bits per heavy atom. The van der Waals surface area contributed by atoms with E-state index < -0.39 is 34.1 Å². The Labute approximate surface area is 388 Å². The lowest BCUT2D eigenvalue weighted by atomic mass is 9.61. The van der Waals surface area contributed by atoms with Crippen molar-refractivity contribution in [2.45, 2.75) is 125 Å². The SMILES string of the molecule is CC=C(C)C(=O)OC1(C)CC=C2CSSC3CC(C=O)C(NC)C4CN(C(=O)CC5=C(C=C(N)NC5)C2C12Cc1cc5cc(C6(C(CO)CCCO)CCCCC6)c(=O)oc5cc1O2)C34. The molecule has 2 aromatic rings. The van der Waals surface area contributed by atoms with E-state index in [1.54, 1.807) is 40.7 Å². The molecule has 1 spiro atoms. The van der Waals surface area contributed by atoms with Gasteiger partial charge in [0.2, 0.25) is 5.91 Å². The normalized spacial score (nSPS) is 32.5. The number of aldehydes is 1. The summed E-state index contributed by atoms with van der Waals surface area (Å²) in [6, 6.07) is 5.82. The van der Waals surface area contributed by atoms with Crippen LogP contribution in [0.25, 0.3) is 11.0 Å². The number of esters is 1. The van der Waals surface area contributed by atoms with E-state index in [0.717, 1.165) is 66.1 Å². The quantitative estimate of drug-likeness (QED) is 0.0483. The van der Waals surface area contributed by atoms with Crippen LogP contribution in [-0.4, -0.2) is 101 Å². The molecule has 7 aliphatic rings. The number of fused-ring (bicyclic) bond motifs is 5. The van der Waals surface area contributed by atoms with Crippen molar-refractivity contribution in [1.82, 2.24) is 15.5 Å². The average molecular weight is 929 g/mol. The summed E-state index contributed by atoms with van der Waals surface area (Å²) in [6.45, 7) is 6.35. The lowest BCUT2D eigenvalue weighted by Gasteiger charge is -2.58. The van der Waals surface area contributed by atoms with Gasteiger partial charge in [0.1, 0.15) is 17.6 Å².